The molecule has 0 aliphatic heterocycles. The van der Waals surface area contributed by atoms with E-state index in [-0.39, 0.29) is 11.7 Å². The summed E-state index contributed by atoms with van der Waals surface area (Å²) in [4.78, 5) is 12.5. The van der Waals surface area contributed by atoms with Gasteiger partial charge in [0.1, 0.15) is 11.5 Å². The standard InChI is InChI=1S/C15H16N2O3S/c16-17-15(19)13-6-1-2-7-14(13)20-8-9-21-12-5-3-4-11(18)10-12/h1-7,10,18H,8-9,16H2,(H,17,19). The number of hydrogen-bond donors (Lipinski definition) is 3. The first kappa shape index (κ1) is 15.2. The number of nitrogens with one attached hydrogen (secondary N) is 1. The summed E-state index contributed by atoms with van der Waals surface area (Å²) in [6.45, 7) is 0.440. The minimum absolute atomic E-state index is 0.242. The van der Waals surface area contributed by atoms with Crippen molar-refractivity contribution >= 4 is 17.7 Å². The normalized spacial score (nSPS) is 10.1. The van der Waals surface area contributed by atoms with Gasteiger partial charge in [0.05, 0.1) is 12.2 Å². The smallest absolute Gasteiger partial charge is 0.268 e. The minimum atomic E-state index is -0.383. The Kier molecular flexibility index (Phi) is 5.48. The summed E-state index contributed by atoms with van der Waals surface area (Å²) in [5, 5.41) is 9.37. The molecule has 21 heavy (non-hydrogen) atoms. The summed E-state index contributed by atoms with van der Waals surface area (Å²) in [6, 6.07) is 14.0. The first-order valence-corrected chi connectivity index (χ1v) is 7.34. The van der Waals surface area contributed by atoms with Crippen molar-refractivity contribution in [1.29, 1.82) is 0 Å². The van der Waals surface area contributed by atoms with Crippen LogP contribution in [0.3, 0.4) is 0 Å². The van der Waals surface area contributed by atoms with Gasteiger partial charge in [-0.15, -0.1) is 11.8 Å². The van der Waals surface area contributed by atoms with Crippen LogP contribution in [0.1, 0.15) is 10.4 Å². The number of para-hydroxylation sites is 1. The average Bonchev–Trinajstić information content (AvgIpc) is 2.51. The molecule has 0 aliphatic rings. The summed E-state index contributed by atoms with van der Waals surface area (Å²) in [5.74, 6) is 6.19. The van der Waals surface area contributed by atoms with E-state index >= 15 is 0 Å². The average molecular weight is 304 g/mol. The zero-order valence-electron chi connectivity index (χ0n) is 11.3. The number of ether oxygens (including phenoxy) is 1. The largest absolute Gasteiger partial charge is 0.508 e. The number of carbonyl (C=O) groups is 1. The molecule has 1 amide bonds. The molecule has 2 rings (SSSR count). The van der Waals surface area contributed by atoms with Crippen LogP contribution in [-0.2, 0) is 0 Å². The summed E-state index contributed by atoms with van der Waals surface area (Å²) >= 11 is 1.56. The Morgan fingerprint density at radius 3 is 2.81 bits per heavy atom. The maximum Gasteiger partial charge on any atom is 0.268 e. The van der Waals surface area contributed by atoms with Crippen molar-refractivity contribution in [3.05, 3.63) is 54.1 Å². The van der Waals surface area contributed by atoms with E-state index in [1.165, 1.54) is 0 Å². The predicted molar refractivity (Wildman–Crippen MR) is 82.4 cm³/mol. The highest BCUT2D eigenvalue weighted by Gasteiger charge is 2.10. The number of nitrogens with two attached hydrogens (primary N) is 1. The summed E-state index contributed by atoms with van der Waals surface area (Å²) in [6.07, 6.45) is 0. The summed E-state index contributed by atoms with van der Waals surface area (Å²) in [7, 11) is 0. The van der Waals surface area contributed by atoms with Gasteiger partial charge in [0, 0.05) is 10.6 Å². The molecule has 0 heterocycles. The second-order valence-electron chi connectivity index (χ2n) is 4.16. The van der Waals surface area contributed by atoms with Crippen LogP contribution in [0.25, 0.3) is 0 Å². The lowest BCUT2D eigenvalue weighted by Crippen LogP contribution is -2.30. The molecule has 0 fully saturated rings. The number of rotatable bonds is 6. The van der Waals surface area contributed by atoms with Crippen LogP contribution in [0.4, 0.5) is 0 Å². The van der Waals surface area contributed by atoms with Crippen molar-refractivity contribution in [2.24, 2.45) is 5.84 Å². The van der Waals surface area contributed by atoms with Gasteiger partial charge in [0.25, 0.3) is 5.91 Å². The maximum absolute atomic E-state index is 11.6. The van der Waals surface area contributed by atoms with E-state index in [0.29, 0.717) is 23.7 Å². The number of carbonyl (C=O) groups excluding carboxylic acids is 1. The number of aromatic hydroxyl groups is 1. The summed E-state index contributed by atoms with van der Waals surface area (Å²) < 4.78 is 5.61. The molecule has 0 aliphatic carbocycles. The van der Waals surface area contributed by atoms with Gasteiger partial charge in [0.2, 0.25) is 0 Å². The van der Waals surface area contributed by atoms with Crippen molar-refractivity contribution in [3.8, 4) is 11.5 Å². The highest BCUT2D eigenvalue weighted by molar-refractivity contribution is 7.99. The van der Waals surface area contributed by atoms with Crippen LogP contribution in [-0.4, -0.2) is 23.4 Å². The summed E-state index contributed by atoms with van der Waals surface area (Å²) in [5.41, 5.74) is 2.50. The third-order valence-corrected chi connectivity index (χ3v) is 3.65. The number of nitrogen functional groups attached to an aromatic ring is 1. The number of hydrogen-bond acceptors (Lipinski definition) is 5. The van der Waals surface area contributed by atoms with Crippen molar-refractivity contribution < 1.29 is 14.6 Å². The van der Waals surface area contributed by atoms with Crippen molar-refractivity contribution in [2.75, 3.05) is 12.4 Å². The Hall–Kier alpha value is -2.18. The monoisotopic (exact) mass is 304 g/mol. The fraction of sp³-hybridized carbons (Fsp3) is 0.133. The van der Waals surface area contributed by atoms with E-state index in [1.54, 1.807) is 54.2 Å². The van der Waals surface area contributed by atoms with E-state index in [4.69, 9.17) is 10.6 Å². The van der Waals surface area contributed by atoms with Gasteiger partial charge in [-0.1, -0.05) is 18.2 Å². The molecular weight excluding hydrogens is 288 g/mol. The first-order valence-electron chi connectivity index (χ1n) is 6.35. The number of phenols is 1. The van der Waals surface area contributed by atoms with Gasteiger partial charge in [-0.2, -0.15) is 0 Å². The Balaban J connectivity index is 1.88. The minimum Gasteiger partial charge on any atom is -0.508 e. The molecular formula is C15H16N2O3S. The number of hydrazine groups is 1. The lowest BCUT2D eigenvalue weighted by atomic mass is 10.2. The molecule has 0 saturated carbocycles. The Bertz CT molecular complexity index is 619. The zero-order chi connectivity index (χ0) is 15.1. The second-order valence-corrected chi connectivity index (χ2v) is 5.33. The molecule has 2 aromatic carbocycles. The number of thioether (sulfide) groups is 1. The first-order chi connectivity index (χ1) is 10.2. The SMILES string of the molecule is NNC(=O)c1ccccc1OCCSc1cccc(O)c1. The second kappa shape index (κ2) is 7.56. The fourth-order valence-electron chi connectivity index (χ4n) is 1.74. The fourth-order valence-corrected chi connectivity index (χ4v) is 2.52. The Morgan fingerprint density at radius 2 is 2.05 bits per heavy atom. The molecule has 0 atom stereocenters. The highest BCUT2D eigenvalue weighted by atomic mass is 32.2. The molecule has 6 heteroatoms. The third kappa shape index (κ3) is 4.40. The van der Waals surface area contributed by atoms with Crippen molar-refractivity contribution in [1.82, 2.24) is 5.43 Å². The van der Waals surface area contributed by atoms with Gasteiger partial charge in [-0.05, 0) is 30.3 Å². The number of benzene rings is 2. The van der Waals surface area contributed by atoms with E-state index in [1.807, 2.05) is 6.07 Å². The number of phenolic OH excluding ortho intramolecular Hbond substituents is 1. The van der Waals surface area contributed by atoms with Crippen molar-refractivity contribution in [3.63, 3.8) is 0 Å². The Morgan fingerprint density at radius 1 is 1.24 bits per heavy atom. The lowest BCUT2D eigenvalue weighted by Gasteiger charge is -2.10. The van der Waals surface area contributed by atoms with Crippen LogP contribution in [0, 0.1) is 0 Å². The molecule has 5 nitrogen and oxygen atoms in total. The van der Waals surface area contributed by atoms with Gasteiger partial charge in [-0.3, -0.25) is 10.2 Å². The van der Waals surface area contributed by atoms with E-state index in [9.17, 15) is 9.90 Å². The molecule has 0 unspecified atom stereocenters. The number of amides is 1. The van der Waals surface area contributed by atoms with Crippen LogP contribution in [0.2, 0.25) is 0 Å². The van der Waals surface area contributed by atoms with E-state index in [2.05, 4.69) is 5.43 Å². The molecule has 4 N–H and O–H groups in total. The molecule has 0 bridgehead atoms. The molecule has 0 saturated heterocycles. The third-order valence-electron chi connectivity index (χ3n) is 2.69. The molecule has 0 spiro atoms. The Labute approximate surface area is 127 Å². The molecule has 2 aromatic rings. The van der Waals surface area contributed by atoms with Crippen LogP contribution in [0.5, 0.6) is 11.5 Å². The van der Waals surface area contributed by atoms with Crippen molar-refractivity contribution in [2.45, 2.75) is 4.90 Å². The molecule has 110 valence electrons. The van der Waals surface area contributed by atoms with E-state index < -0.39 is 0 Å². The van der Waals surface area contributed by atoms with Crippen LogP contribution >= 0.6 is 11.8 Å². The maximum atomic E-state index is 11.6. The zero-order valence-corrected chi connectivity index (χ0v) is 12.1. The topological polar surface area (TPSA) is 84.6 Å². The lowest BCUT2D eigenvalue weighted by molar-refractivity contribution is 0.0950. The molecule has 0 radical (unpaired) electrons. The van der Waals surface area contributed by atoms with Crippen LogP contribution < -0.4 is 16.0 Å². The van der Waals surface area contributed by atoms with Gasteiger partial charge in [-0.25, -0.2) is 5.84 Å². The quantitative estimate of drug-likeness (QED) is 0.250. The highest BCUT2D eigenvalue weighted by Crippen LogP contribution is 2.23. The van der Waals surface area contributed by atoms with Gasteiger partial charge in [0.15, 0.2) is 0 Å². The van der Waals surface area contributed by atoms with E-state index in [0.717, 1.165) is 4.90 Å². The molecule has 0 aromatic heterocycles. The van der Waals surface area contributed by atoms with Gasteiger partial charge < -0.3 is 9.84 Å². The van der Waals surface area contributed by atoms with Gasteiger partial charge >= 0.3 is 0 Å². The predicted octanol–water partition coefficient (Wildman–Crippen LogP) is 2.17. The van der Waals surface area contributed by atoms with Crippen LogP contribution in [0.15, 0.2) is 53.4 Å².